The van der Waals surface area contributed by atoms with Crippen molar-refractivity contribution in [1.29, 1.82) is 0 Å². The SMILES string of the molecule is CC(=O)N[C@H](Cc1ccccc1)C(=O)N1CCC[C@H]1C(=O)N[C@H](CCCN=C(N)N)B(O)O. The van der Waals surface area contributed by atoms with Gasteiger partial charge in [-0.05, 0) is 31.2 Å². The van der Waals surface area contributed by atoms with Crippen LogP contribution in [0.3, 0.4) is 0 Å². The van der Waals surface area contributed by atoms with E-state index in [2.05, 4.69) is 15.6 Å². The number of hydrogen-bond acceptors (Lipinski definition) is 6. The maximum Gasteiger partial charge on any atom is 0.475 e. The summed E-state index contributed by atoms with van der Waals surface area (Å²) in [5.74, 6) is -2.15. The van der Waals surface area contributed by atoms with Crippen molar-refractivity contribution < 1.29 is 24.4 Å². The van der Waals surface area contributed by atoms with Gasteiger partial charge in [0.1, 0.15) is 12.1 Å². The van der Waals surface area contributed by atoms with Crippen LogP contribution in [0.5, 0.6) is 0 Å². The molecule has 12 heteroatoms. The number of benzene rings is 1. The minimum atomic E-state index is -1.77. The standard InChI is InChI=1S/C21H33BN6O5/c1-14(29)26-16(13-15-7-3-2-4-8-15)20(31)28-12-6-9-17(28)19(30)27-18(22(32)33)10-5-11-25-21(23)24/h2-4,7-8,16-18,32-33H,5-6,9-13H2,1H3,(H,26,29)(H,27,30)(H4,23,24,25)/t16-,17+,18-/m1/s1. The summed E-state index contributed by atoms with van der Waals surface area (Å²) in [5, 5.41) is 24.7. The van der Waals surface area contributed by atoms with E-state index in [4.69, 9.17) is 11.5 Å². The molecule has 180 valence electrons. The number of amides is 3. The zero-order chi connectivity index (χ0) is 24.4. The summed E-state index contributed by atoms with van der Waals surface area (Å²) in [6.07, 6.45) is 2.03. The van der Waals surface area contributed by atoms with Gasteiger partial charge in [0.25, 0.3) is 0 Å². The predicted molar refractivity (Wildman–Crippen MR) is 125 cm³/mol. The molecule has 3 amide bonds. The van der Waals surface area contributed by atoms with Crippen LogP contribution in [0.15, 0.2) is 35.3 Å². The number of carbonyl (C=O) groups excluding carboxylic acids is 3. The van der Waals surface area contributed by atoms with Gasteiger partial charge in [0.05, 0.1) is 5.94 Å². The summed E-state index contributed by atoms with van der Waals surface area (Å²) in [4.78, 5) is 43.2. The number of hydrogen-bond donors (Lipinski definition) is 6. The fourth-order valence-corrected chi connectivity index (χ4v) is 3.89. The van der Waals surface area contributed by atoms with E-state index in [0.717, 1.165) is 5.56 Å². The van der Waals surface area contributed by atoms with Crippen LogP contribution in [-0.4, -0.2) is 76.9 Å². The van der Waals surface area contributed by atoms with Crippen molar-refractivity contribution in [2.75, 3.05) is 13.1 Å². The lowest BCUT2D eigenvalue weighted by Gasteiger charge is -2.30. The molecule has 1 saturated heterocycles. The van der Waals surface area contributed by atoms with Gasteiger partial charge in [0.2, 0.25) is 17.7 Å². The van der Waals surface area contributed by atoms with E-state index in [1.807, 2.05) is 30.3 Å². The molecule has 1 aromatic carbocycles. The summed E-state index contributed by atoms with van der Waals surface area (Å²) in [6, 6.07) is 7.73. The maximum atomic E-state index is 13.3. The van der Waals surface area contributed by atoms with Crippen molar-refractivity contribution in [1.82, 2.24) is 15.5 Å². The van der Waals surface area contributed by atoms with Crippen LogP contribution >= 0.6 is 0 Å². The number of carbonyl (C=O) groups is 3. The number of nitrogens with two attached hydrogens (primary N) is 2. The first-order valence-corrected chi connectivity index (χ1v) is 11.0. The van der Waals surface area contributed by atoms with Crippen LogP contribution < -0.4 is 22.1 Å². The van der Waals surface area contributed by atoms with Gasteiger partial charge >= 0.3 is 7.12 Å². The summed E-state index contributed by atoms with van der Waals surface area (Å²) in [6.45, 7) is 2.00. The third-order valence-electron chi connectivity index (χ3n) is 5.45. The predicted octanol–water partition coefficient (Wildman–Crippen LogP) is -1.72. The molecule has 0 aliphatic carbocycles. The Kier molecular flexibility index (Phi) is 10.1. The van der Waals surface area contributed by atoms with Crippen molar-refractivity contribution in [3.8, 4) is 0 Å². The highest BCUT2D eigenvalue weighted by atomic mass is 16.4. The Morgan fingerprint density at radius 2 is 1.91 bits per heavy atom. The van der Waals surface area contributed by atoms with Gasteiger partial charge in [-0.15, -0.1) is 0 Å². The number of guanidine groups is 1. The fourth-order valence-electron chi connectivity index (χ4n) is 3.89. The monoisotopic (exact) mass is 460 g/mol. The van der Waals surface area contributed by atoms with Crippen LogP contribution in [0.4, 0.5) is 0 Å². The molecule has 1 fully saturated rings. The Morgan fingerprint density at radius 3 is 2.52 bits per heavy atom. The van der Waals surface area contributed by atoms with Crippen LogP contribution in [0.1, 0.15) is 38.2 Å². The Bertz CT molecular complexity index is 834. The van der Waals surface area contributed by atoms with E-state index in [0.29, 0.717) is 32.2 Å². The normalized spacial score (nSPS) is 17.1. The average Bonchev–Trinajstić information content (AvgIpc) is 3.25. The average molecular weight is 460 g/mol. The van der Waals surface area contributed by atoms with Crippen molar-refractivity contribution in [2.45, 2.75) is 57.1 Å². The topological polar surface area (TPSA) is 183 Å². The highest BCUT2D eigenvalue weighted by Gasteiger charge is 2.39. The molecule has 1 heterocycles. The Hall–Kier alpha value is -3.12. The Labute approximate surface area is 193 Å². The van der Waals surface area contributed by atoms with E-state index in [9.17, 15) is 24.4 Å². The third kappa shape index (κ3) is 8.39. The first-order chi connectivity index (χ1) is 15.7. The molecule has 0 saturated carbocycles. The molecule has 0 bridgehead atoms. The molecule has 0 radical (unpaired) electrons. The number of aliphatic imine (C=N–C) groups is 1. The van der Waals surface area contributed by atoms with Gasteiger partial charge in [-0.2, -0.15) is 0 Å². The first kappa shape index (κ1) is 26.1. The molecule has 33 heavy (non-hydrogen) atoms. The van der Waals surface area contributed by atoms with Crippen LogP contribution in [-0.2, 0) is 20.8 Å². The lowest BCUT2D eigenvalue weighted by atomic mass is 9.76. The van der Waals surface area contributed by atoms with Crippen molar-refractivity contribution >= 4 is 30.8 Å². The lowest BCUT2D eigenvalue weighted by molar-refractivity contribution is -0.141. The molecule has 1 aliphatic heterocycles. The van der Waals surface area contributed by atoms with E-state index in [1.54, 1.807) is 0 Å². The molecular weight excluding hydrogens is 427 g/mol. The molecule has 2 rings (SSSR count). The molecule has 1 aliphatic rings. The molecule has 8 N–H and O–H groups in total. The second kappa shape index (κ2) is 12.8. The van der Waals surface area contributed by atoms with Gasteiger partial charge in [0.15, 0.2) is 5.96 Å². The third-order valence-corrected chi connectivity index (χ3v) is 5.45. The van der Waals surface area contributed by atoms with Crippen LogP contribution in [0, 0.1) is 0 Å². The molecule has 0 aromatic heterocycles. The van der Waals surface area contributed by atoms with E-state index in [-0.39, 0.29) is 30.7 Å². The van der Waals surface area contributed by atoms with Gasteiger partial charge in [-0.3, -0.25) is 19.4 Å². The molecule has 11 nitrogen and oxygen atoms in total. The van der Waals surface area contributed by atoms with Crippen LogP contribution in [0.2, 0.25) is 0 Å². The number of likely N-dealkylation sites (tertiary alicyclic amines) is 1. The molecule has 1 aromatic rings. The minimum Gasteiger partial charge on any atom is -0.426 e. The second-order valence-electron chi connectivity index (χ2n) is 8.11. The molecule has 0 spiro atoms. The van der Waals surface area contributed by atoms with Gasteiger partial charge < -0.3 is 37.0 Å². The zero-order valence-electron chi connectivity index (χ0n) is 18.8. The Morgan fingerprint density at radius 1 is 1.21 bits per heavy atom. The molecular formula is C21H33BN6O5. The summed E-state index contributed by atoms with van der Waals surface area (Å²) < 4.78 is 0. The Balaban J connectivity index is 2.06. The zero-order valence-corrected chi connectivity index (χ0v) is 18.8. The highest BCUT2D eigenvalue weighted by Crippen LogP contribution is 2.20. The van der Waals surface area contributed by atoms with Gasteiger partial charge in [-0.1, -0.05) is 30.3 Å². The van der Waals surface area contributed by atoms with Gasteiger partial charge in [-0.25, -0.2) is 0 Å². The fraction of sp³-hybridized carbons (Fsp3) is 0.524. The summed E-state index contributed by atoms with van der Waals surface area (Å²) >= 11 is 0. The van der Waals surface area contributed by atoms with E-state index < -0.39 is 31.1 Å². The lowest BCUT2D eigenvalue weighted by Crippen LogP contribution is -2.56. The molecule has 3 atom stereocenters. The van der Waals surface area contributed by atoms with E-state index >= 15 is 0 Å². The number of nitrogens with one attached hydrogen (secondary N) is 2. The summed E-state index contributed by atoms with van der Waals surface area (Å²) in [7, 11) is -1.77. The highest BCUT2D eigenvalue weighted by molar-refractivity contribution is 6.43. The van der Waals surface area contributed by atoms with Crippen molar-refractivity contribution in [3.05, 3.63) is 35.9 Å². The second-order valence-corrected chi connectivity index (χ2v) is 8.11. The van der Waals surface area contributed by atoms with Gasteiger partial charge in [0, 0.05) is 26.4 Å². The maximum absolute atomic E-state index is 13.3. The smallest absolute Gasteiger partial charge is 0.426 e. The van der Waals surface area contributed by atoms with Crippen LogP contribution in [0.25, 0.3) is 0 Å². The number of rotatable bonds is 11. The minimum absolute atomic E-state index is 0.0653. The van der Waals surface area contributed by atoms with Crippen molar-refractivity contribution in [3.63, 3.8) is 0 Å². The number of nitrogens with zero attached hydrogens (tertiary/aromatic N) is 2. The first-order valence-electron chi connectivity index (χ1n) is 11.0. The van der Waals surface area contributed by atoms with Crippen molar-refractivity contribution in [2.24, 2.45) is 16.5 Å². The quantitative estimate of drug-likeness (QED) is 0.0981. The molecule has 0 unspecified atom stereocenters. The largest absolute Gasteiger partial charge is 0.475 e. The van der Waals surface area contributed by atoms with E-state index in [1.165, 1.54) is 11.8 Å². The summed E-state index contributed by atoms with van der Waals surface area (Å²) in [5.41, 5.74) is 11.4.